The molecule has 2 aromatic carbocycles. The first-order chi connectivity index (χ1) is 10.2. The van der Waals surface area contributed by atoms with E-state index in [4.69, 9.17) is 11.5 Å². The van der Waals surface area contributed by atoms with Gasteiger partial charge in [-0.2, -0.15) is 0 Å². The van der Waals surface area contributed by atoms with E-state index in [0.29, 0.717) is 12.4 Å². The second-order valence-electron chi connectivity index (χ2n) is 5.16. The number of anilines is 1. The first-order valence-electron chi connectivity index (χ1n) is 7.20. The molecule has 0 amide bonds. The van der Waals surface area contributed by atoms with E-state index in [1.54, 1.807) is 0 Å². The molecule has 106 valence electrons. The minimum absolute atomic E-state index is 0.546. The Balaban J connectivity index is 2.26. The van der Waals surface area contributed by atoms with E-state index < -0.39 is 0 Å². The van der Waals surface area contributed by atoms with Gasteiger partial charge in [-0.05, 0) is 46.9 Å². The van der Waals surface area contributed by atoms with Crippen LogP contribution in [-0.4, -0.2) is 4.98 Å². The van der Waals surface area contributed by atoms with Crippen molar-refractivity contribution in [3.05, 3.63) is 59.7 Å². The average Bonchev–Trinajstić information content (AvgIpc) is 2.53. The van der Waals surface area contributed by atoms with Crippen molar-refractivity contribution in [3.63, 3.8) is 0 Å². The van der Waals surface area contributed by atoms with E-state index in [0.717, 1.165) is 34.0 Å². The Morgan fingerprint density at radius 2 is 1.86 bits per heavy atom. The van der Waals surface area contributed by atoms with Gasteiger partial charge in [0.25, 0.3) is 0 Å². The van der Waals surface area contributed by atoms with Gasteiger partial charge < -0.3 is 11.5 Å². The van der Waals surface area contributed by atoms with Gasteiger partial charge in [0.2, 0.25) is 0 Å². The number of hydrogen-bond acceptors (Lipinski definition) is 3. The number of nitrogen functional groups attached to an aromatic ring is 1. The lowest BCUT2D eigenvalue weighted by Gasteiger charge is -2.10. The molecule has 3 rings (SSSR count). The number of benzene rings is 2. The van der Waals surface area contributed by atoms with Crippen LogP contribution in [0.2, 0.25) is 0 Å². The van der Waals surface area contributed by atoms with Gasteiger partial charge in [-0.25, -0.2) is 4.98 Å². The molecule has 0 aliphatic heterocycles. The molecule has 1 heterocycles. The fourth-order valence-electron chi connectivity index (χ4n) is 2.65. The number of hydrogen-bond donors (Lipinski definition) is 2. The summed E-state index contributed by atoms with van der Waals surface area (Å²) in [7, 11) is 0. The summed E-state index contributed by atoms with van der Waals surface area (Å²) in [6.45, 7) is 2.64. The predicted octanol–water partition coefficient (Wildman–Crippen LogP) is 3.51. The molecule has 3 nitrogen and oxygen atoms in total. The van der Waals surface area contributed by atoms with E-state index in [1.165, 1.54) is 5.56 Å². The van der Waals surface area contributed by atoms with Gasteiger partial charge in [0.05, 0.1) is 5.52 Å². The minimum atomic E-state index is 0.546. The molecule has 0 atom stereocenters. The molecule has 0 fully saturated rings. The largest absolute Gasteiger partial charge is 0.383 e. The van der Waals surface area contributed by atoms with Crippen LogP contribution < -0.4 is 11.5 Å². The molecular formula is C18H19N3. The minimum Gasteiger partial charge on any atom is -0.383 e. The van der Waals surface area contributed by atoms with E-state index in [9.17, 15) is 0 Å². The summed E-state index contributed by atoms with van der Waals surface area (Å²) < 4.78 is 0. The van der Waals surface area contributed by atoms with Crippen LogP contribution in [0.5, 0.6) is 0 Å². The number of nitrogens with two attached hydrogens (primary N) is 2. The van der Waals surface area contributed by atoms with Crippen LogP contribution in [0.25, 0.3) is 22.0 Å². The maximum atomic E-state index is 6.00. The van der Waals surface area contributed by atoms with Gasteiger partial charge in [-0.15, -0.1) is 0 Å². The molecule has 21 heavy (non-hydrogen) atoms. The first-order valence-corrected chi connectivity index (χ1v) is 7.20. The molecule has 0 unspecified atom stereocenters. The second-order valence-corrected chi connectivity index (χ2v) is 5.16. The third-order valence-electron chi connectivity index (χ3n) is 3.83. The Hall–Kier alpha value is -2.39. The standard InChI is InChI=1S/C18H19N3/c1-2-13-10-16-15(7-4-8-17(16)21-18(13)20)14-6-3-5-12(9-14)11-19/h3-10H,2,11,19H2,1H3,(H2,20,21). The summed E-state index contributed by atoms with van der Waals surface area (Å²) in [6, 6.07) is 16.6. The summed E-state index contributed by atoms with van der Waals surface area (Å²) in [5.41, 5.74) is 17.2. The highest BCUT2D eigenvalue weighted by molar-refractivity contribution is 5.96. The van der Waals surface area contributed by atoms with Gasteiger partial charge in [-0.1, -0.05) is 37.3 Å². The van der Waals surface area contributed by atoms with Crippen molar-refractivity contribution in [2.75, 3.05) is 5.73 Å². The number of nitrogens with zero attached hydrogens (tertiary/aromatic N) is 1. The van der Waals surface area contributed by atoms with Crippen LogP contribution in [0.4, 0.5) is 5.82 Å². The van der Waals surface area contributed by atoms with Gasteiger partial charge in [0.15, 0.2) is 0 Å². The number of pyridine rings is 1. The van der Waals surface area contributed by atoms with E-state index in [-0.39, 0.29) is 0 Å². The molecule has 4 N–H and O–H groups in total. The van der Waals surface area contributed by atoms with Gasteiger partial charge in [0, 0.05) is 11.9 Å². The Labute approximate surface area is 124 Å². The number of aryl methyl sites for hydroxylation is 1. The maximum Gasteiger partial charge on any atom is 0.127 e. The van der Waals surface area contributed by atoms with Gasteiger partial charge >= 0.3 is 0 Å². The van der Waals surface area contributed by atoms with Crippen molar-refractivity contribution in [2.24, 2.45) is 5.73 Å². The van der Waals surface area contributed by atoms with E-state index in [2.05, 4.69) is 36.2 Å². The van der Waals surface area contributed by atoms with Crippen molar-refractivity contribution in [3.8, 4) is 11.1 Å². The number of rotatable bonds is 3. The summed E-state index contributed by atoms with van der Waals surface area (Å²) in [4.78, 5) is 4.53. The highest BCUT2D eigenvalue weighted by Crippen LogP contribution is 2.30. The van der Waals surface area contributed by atoms with Crippen molar-refractivity contribution in [1.82, 2.24) is 4.98 Å². The molecule has 1 aromatic heterocycles. The molecule has 0 bridgehead atoms. The first kappa shape index (κ1) is 13.6. The van der Waals surface area contributed by atoms with Crippen LogP contribution in [0.15, 0.2) is 48.5 Å². The van der Waals surface area contributed by atoms with Crippen LogP contribution in [-0.2, 0) is 13.0 Å². The zero-order valence-electron chi connectivity index (χ0n) is 12.1. The number of aromatic nitrogens is 1. The van der Waals surface area contributed by atoms with Crippen molar-refractivity contribution in [2.45, 2.75) is 19.9 Å². The Morgan fingerprint density at radius 1 is 1.05 bits per heavy atom. The molecule has 0 saturated carbocycles. The van der Waals surface area contributed by atoms with Crippen molar-refractivity contribution in [1.29, 1.82) is 0 Å². The summed E-state index contributed by atoms with van der Waals surface area (Å²) in [6.07, 6.45) is 0.881. The van der Waals surface area contributed by atoms with E-state index >= 15 is 0 Å². The van der Waals surface area contributed by atoms with Crippen LogP contribution >= 0.6 is 0 Å². The highest BCUT2D eigenvalue weighted by Gasteiger charge is 2.08. The Kier molecular flexibility index (Phi) is 3.59. The molecule has 0 spiro atoms. The summed E-state index contributed by atoms with van der Waals surface area (Å²) in [5.74, 6) is 0.623. The second kappa shape index (κ2) is 5.54. The lowest BCUT2D eigenvalue weighted by Crippen LogP contribution is -1.98. The Bertz CT molecular complexity index is 794. The van der Waals surface area contributed by atoms with Gasteiger partial charge in [0.1, 0.15) is 5.82 Å². The fraction of sp³-hybridized carbons (Fsp3) is 0.167. The number of fused-ring (bicyclic) bond motifs is 1. The fourth-order valence-corrected chi connectivity index (χ4v) is 2.65. The predicted molar refractivity (Wildman–Crippen MR) is 88.9 cm³/mol. The maximum absolute atomic E-state index is 6.00. The van der Waals surface area contributed by atoms with Crippen LogP contribution in [0.1, 0.15) is 18.1 Å². The monoisotopic (exact) mass is 277 g/mol. The summed E-state index contributed by atoms with van der Waals surface area (Å²) >= 11 is 0. The highest BCUT2D eigenvalue weighted by atomic mass is 14.8. The zero-order chi connectivity index (χ0) is 14.8. The van der Waals surface area contributed by atoms with Crippen LogP contribution in [0, 0.1) is 0 Å². The SMILES string of the molecule is CCc1cc2c(-c3cccc(CN)c3)cccc2nc1N. The Morgan fingerprint density at radius 3 is 2.62 bits per heavy atom. The topological polar surface area (TPSA) is 64.9 Å². The molecule has 0 aliphatic carbocycles. The van der Waals surface area contributed by atoms with Gasteiger partial charge in [-0.3, -0.25) is 0 Å². The average molecular weight is 277 g/mol. The summed E-state index contributed by atoms with van der Waals surface area (Å²) in [5, 5.41) is 1.14. The molecule has 3 heteroatoms. The lowest BCUT2D eigenvalue weighted by molar-refractivity contribution is 1.07. The van der Waals surface area contributed by atoms with Crippen molar-refractivity contribution >= 4 is 16.7 Å². The molecule has 0 radical (unpaired) electrons. The third-order valence-corrected chi connectivity index (χ3v) is 3.83. The smallest absolute Gasteiger partial charge is 0.127 e. The molecule has 0 aliphatic rings. The van der Waals surface area contributed by atoms with Crippen molar-refractivity contribution < 1.29 is 0 Å². The molecule has 0 saturated heterocycles. The van der Waals surface area contributed by atoms with E-state index in [1.807, 2.05) is 24.3 Å². The van der Waals surface area contributed by atoms with Crippen LogP contribution in [0.3, 0.4) is 0 Å². The quantitative estimate of drug-likeness (QED) is 0.770. The normalized spacial score (nSPS) is 11.0. The third kappa shape index (κ3) is 2.48. The lowest BCUT2D eigenvalue weighted by atomic mass is 9.97. The molecular weight excluding hydrogens is 258 g/mol. The zero-order valence-corrected chi connectivity index (χ0v) is 12.1. The molecule has 3 aromatic rings.